The molecule has 1 aliphatic heterocycles. The SMILES string of the molecule is CN(C(=O)c1cccc(NC(=O)Cc2cccc(NC(=O)C3CCCN(C(=O)C4CCC4)C3)c2)c1)C1CC1. The maximum atomic E-state index is 13.0. The van der Waals surface area contributed by atoms with Gasteiger partial charge in [-0.25, -0.2) is 0 Å². The lowest BCUT2D eigenvalue weighted by Crippen LogP contribution is -2.47. The maximum Gasteiger partial charge on any atom is 0.253 e. The maximum absolute atomic E-state index is 13.0. The van der Waals surface area contributed by atoms with E-state index in [0.717, 1.165) is 57.1 Å². The number of amides is 4. The summed E-state index contributed by atoms with van der Waals surface area (Å²) in [4.78, 5) is 54.6. The third-order valence-corrected chi connectivity index (χ3v) is 7.93. The van der Waals surface area contributed by atoms with Gasteiger partial charge in [0.1, 0.15) is 0 Å². The lowest BCUT2D eigenvalue weighted by Gasteiger charge is -2.36. The van der Waals surface area contributed by atoms with Crippen LogP contribution < -0.4 is 10.6 Å². The first-order valence-corrected chi connectivity index (χ1v) is 13.7. The summed E-state index contributed by atoms with van der Waals surface area (Å²) >= 11 is 0. The molecule has 4 amide bonds. The summed E-state index contributed by atoms with van der Waals surface area (Å²) in [6.07, 6.45) is 6.86. The number of carbonyl (C=O) groups excluding carboxylic acids is 4. The molecule has 3 fully saturated rings. The number of hydrogen-bond donors (Lipinski definition) is 2. The molecule has 0 bridgehead atoms. The molecule has 2 N–H and O–H groups in total. The number of hydrogen-bond acceptors (Lipinski definition) is 4. The predicted molar refractivity (Wildman–Crippen MR) is 146 cm³/mol. The number of anilines is 2. The van der Waals surface area contributed by atoms with Gasteiger partial charge in [0.25, 0.3) is 5.91 Å². The summed E-state index contributed by atoms with van der Waals surface area (Å²) < 4.78 is 0. The van der Waals surface area contributed by atoms with Crippen LogP contribution in [0.25, 0.3) is 0 Å². The van der Waals surface area contributed by atoms with Gasteiger partial charge in [-0.05, 0) is 74.4 Å². The van der Waals surface area contributed by atoms with Gasteiger partial charge >= 0.3 is 0 Å². The van der Waals surface area contributed by atoms with E-state index < -0.39 is 0 Å². The second kappa shape index (κ2) is 11.4. The molecular formula is C30H36N4O4. The van der Waals surface area contributed by atoms with Gasteiger partial charge in [-0.15, -0.1) is 0 Å². The zero-order chi connectivity index (χ0) is 26.6. The van der Waals surface area contributed by atoms with E-state index in [0.29, 0.717) is 29.5 Å². The quantitative estimate of drug-likeness (QED) is 0.552. The minimum absolute atomic E-state index is 0.0412. The van der Waals surface area contributed by atoms with Crippen LogP contribution >= 0.6 is 0 Å². The highest BCUT2D eigenvalue weighted by Crippen LogP contribution is 2.30. The van der Waals surface area contributed by atoms with Crippen molar-refractivity contribution in [2.45, 2.75) is 57.4 Å². The van der Waals surface area contributed by atoms with E-state index in [1.54, 1.807) is 29.2 Å². The lowest BCUT2D eigenvalue weighted by atomic mass is 9.83. The van der Waals surface area contributed by atoms with Crippen molar-refractivity contribution in [1.29, 1.82) is 0 Å². The van der Waals surface area contributed by atoms with Gasteiger partial charge in [-0.1, -0.05) is 24.6 Å². The average molecular weight is 517 g/mol. The molecule has 0 radical (unpaired) electrons. The summed E-state index contributed by atoms with van der Waals surface area (Å²) in [5.41, 5.74) is 2.54. The van der Waals surface area contributed by atoms with E-state index >= 15 is 0 Å². The minimum atomic E-state index is -0.228. The third kappa shape index (κ3) is 6.23. The molecule has 1 heterocycles. The van der Waals surface area contributed by atoms with Crippen LogP contribution in [0.1, 0.15) is 60.9 Å². The molecule has 1 unspecified atom stereocenters. The summed E-state index contributed by atoms with van der Waals surface area (Å²) in [5, 5.41) is 5.87. The van der Waals surface area contributed by atoms with Crippen LogP contribution in [-0.4, -0.2) is 59.6 Å². The predicted octanol–water partition coefficient (Wildman–Crippen LogP) is 4.08. The summed E-state index contributed by atoms with van der Waals surface area (Å²) in [6.45, 7) is 1.21. The molecule has 8 heteroatoms. The van der Waals surface area contributed by atoms with Crippen molar-refractivity contribution in [3.8, 4) is 0 Å². The van der Waals surface area contributed by atoms with E-state index in [1.807, 2.05) is 36.2 Å². The van der Waals surface area contributed by atoms with Crippen molar-refractivity contribution >= 4 is 35.0 Å². The standard InChI is InChI=1S/C30H36N4O4/c1-33(26-13-14-26)29(37)22-9-4-12-25(18-22)31-27(35)17-20-6-2-11-24(16-20)32-28(36)23-10-5-15-34(19-23)30(38)21-7-3-8-21/h2,4,6,9,11-12,16,18,21,23,26H,3,5,7-8,10,13-15,17,19H2,1H3,(H,31,35)(H,32,36). The normalized spacial score (nSPS) is 19.3. The molecule has 1 atom stereocenters. The van der Waals surface area contributed by atoms with E-state index in [9.17, 15) is 19.2 Å². The molecule has 0 spiro atoms. The lowest BCUT2D eigenvalue weighted by molar-refractivity contribution is -0.141. The van der Waals surface area contributed by atoms with Gasteiger partial charge < -0.3 is 20.4 Å². The highest BCUT2D eigenvalue weighted by Gasteiger charge is 2.34. The molecule has 0 aromatic heterocycles. The van der Waals surface area contributed by atoms with Crippen molar-refractivity contribution in [3.05, 3.63) is 59.7 Å². The molecule has 5 rings (SSSR count). The number of piperidine rings is 1. The Morgan fingerprint density at radius 2 is 1.58 bits per heavy atom. The molecular weight excluding hydrogens is 480 g/mol. The van der Waals surface area contributed by atoms with Crippen LogP contribution in [0.5, 0.6) is 0 Å². The number of likely N-dealkylation sites (tertiary alicyclic amines) is 1. The first kappa shape index (κ1) is 25.9. The Kier molecular flexibility index (Phi) is 7.77. The zero-order valence-electron chi connectivity index (χ0n) is 21.9. The fourth-order valence-electron chi connectivity index (χ4n) is 5.26. The summed E-state index contributed by atoms with van der Waals surface area (Å²) in [7, 11) is 1.82. The fourth-order valence-corrected chi connectivity index (χ4v) is 5.26. The van der Waals surface area contributed by atoms with Crippen molar-refractivity contribution in [1.82, 2.24) is 9.80 Å². The largest absolute Gasteiger partial charge is 0.342 e. The molecule has 2 aromatic carbocycles. The van der Waals surface area contributed by atoms with Crippen molar-refractivity contribution in [3.63, 3.8) is 0 Å². The third-order valence-electron chi connectivity index (χ3n) is 7.93. The van der Waals surface area contributed by atoms with Crippen LogP contribution in [0.4, 0.5) is 11.4 Å². The Labute approximate surface area is 223 Å². The smallest absolute Gasteiger partial charge is 0.253 e. The highest BCUT2D eigenvalue weighted by molar-refractivity contribution is 5.98. The van der Waals surface area contributed by atoms with Gasteiger partial charge in [-0.2, -0.15) is 0 Å². The molecule has 3 aliphatic rings. The summed E-state index contributed by atoms with van der Waals surface area (Å²) in [6, 6.07) is 14.6. The first-order valence-electron chi connectivity index (χ1n) is 13.7. The number of benzene rings is 2. The van der Waals surface area contributed by atoms with E-state index in [4.69, 9.17) is 0 Å². The van der Waals surface area contributed by atoms with Crippen LogP contribution in [0.2, 0.25) is 0 Å². The topological polar surface area (TPSA) is 98.8 Å². The van der Waals surface area contributed by atoms with Crippen LogP contribution in [0.15, 0.2) is 48.5 Å². The van der Waals surface area contributed by atoms with E-state index in [2.05, 4.69) is 10.6 Å². The van der Waals surface area contributed by atoms with Crippen LogP contribution in [-0.2, 0) is 20.8 Å². The Morgan fingerprint density at radius 3 is 2.29 bits per heavy atom. The van der Waals surface area contributed by atoms with Crippen molar-refractivity contribution < 1.29 is 19.2 Å². The molecule has 38 heavy (non-hydrogen) atoms. The Balaban J connectivity index is 1.15. The minimum Gasteiger partial charge on any atom is -0.342 e. The average Bonchev–Trinajstić information content (AvgIpc) is 3.73. The van der Waals surface area contributed by atoms with Crippen LogP contribution in [0.3, 0.4) is 0 Å². The Morgan fingerprint density at radius 1 is 0.868 bits per heavy atom. The second-order valence-electron chi connectivity index (χ2n) is 10.9. The molecule has 2 saturated carbocycles. The van der Waals surface area contributed by atoms with Crippen molar-refractivity contribution in [2.75, 3.05) is 30.8 Å². The van der Waals surface area contributed by atoms with Crippen LogP contribution in [0, 0.1) is 11.8 Å². The number of carbonyl (C=O) groups is 4. The van der Waals surface area contributed by atoms with Gasteiger partial charge in [0, 0.05) is 49.0 Å². The Hall–Kier alpha value is -3.68. The number of nitrogens with zero attached hydrogens (tertiary/aromatic N) is 2. The summed E-state index contributed by atoms with van der Waals surface area (Å²) in [5.74, 6) is -0.214. The van der Waals surface area contributed by atoms with E-state index in [1.165, 1.54) is 0 Å². The first-order chi connectivity index (χ1) is 18.4. The molecule has 8 nitrogen and oxygen atoms in total. The molecule has 1 saturated heterocycles. The Bertz CT molecular complexity index is 1220. The molecule has 2 aliphatic carbocycles. The van der Waals surface area contributed by atoms with E-state index in [-0.39, 0.29) is 41.9 Å². The monoisotopic (exact) mass is 516 g/mol. The van der Waals surface area contributed by atoms with Crippen molar-refractivity contribution in [2.24, 2.45) is 11.8 Å². The second-order valence-corrected chi connectivity index (χ2v) is 10.9. The fraction of sp³-hybridized carbons (Fsp3) is 0.467. The highest BCUT2D eigenvalue weighted by atomic mass is 16.2. The van der Waals surface area contributed by atoms with Gasteiger partial charge in [0.05, 0.1) is 12.3 Å². The van der Waals surface area contributed by atoms with Gasteiger partial charge in [-0.3, -0.25) is 19.2 Å². The molecule has 200 valence electrons. The number of nitrogens with one attached hydrogen (secondary N) is 2. The molecule has 2 aromatic rings. The zero-order valence-corrected chi connectivity index (χ0v) is 21.9. The van der Waals surface area contributed by atoms with Gasteiger partial charge in [0.2, 0.25) is 17.7 Å². The van der Waals surface area contributed by atoms with Gasteiger partial charge in [0.15, 0.2) is 0 Å². The number of rotatable bonds is 8.